The fraction of sp³-hybridized carbons (Fsp3) is 0.538. The zero-order valence-electron chi connectivity index (χ0n) is 22.7. The molecule has 34 heavy (non-hydrogen) atoms. The molecule has 0 heterocycles. The Morgan fingerprint density at radius 3 is 1.06 bits per heavy atom. The summed E-state index contributed by atoms with van der Waals surface area (Å²) >= 11 is 8.38. The number of likely N-dealkylation sites (N-methyl/N-ethyl adjacent to an activating group) is 1. The first kappa shape index (κ1) is 56.6. The van der Waals surface area contributed by atoms with E-state index in [2.05, 4.69) is 46.2 Å². The molecule has 0 saturated carbocycles. The Hall–Kier alpha value is 2.49. The summed E-state index contributed by atoms with van der Waals surface area (Å²) in [6, 6.07) is 0. The molecule has 0 atom stereocenters. The predicted octanol–water partition coefficient (Wildman–Crippen LogP) is 5.19. The van der Waals surface area contributed by atoms with Crippen LogP contribution in [0, 0.1) is 19.7 Å². The predicted molar refractivity (Wildman–Crippen MR) is 137 cm³/mol. The summed E-state index contributed by atoms with van der Waals surface area (Å²) in [7, 11) is 0. The number of ether oxygens (including phenoxy) is 1. The molecule has 0 rings (SSSR count). The monoisotopic (exact) mass is 1490 g/mol. The standard InChI is InChI=1S/C5H8N.C5H7O.C4H5.2C3H8.3C2H3.6W/c2*1-3-5-6-4-2;1-3-4-2;2*1-3-2;3*1-2;;;;;;/h1,3,6H,4H2,2H3;1,3H,4H2,2H3;1,3H,2H3;2*3H2,1-2H3;3*1H3;;;;;;/q3*-1;;;3*-1;;;;;;. The van der Waals surface area contributed by atoms with Crippen molar-refractivity contribution in [3.05, 3.63) is 38.0 Å². The number of nitrogens with one attached hydrogen (secondary N) is 1. The Bertz CT molecular complexity index is 426. The molecule has 0 aliphatic rings. The van der Waals surface area contributed by atoms with E-state index in [1.165, 1.54) is 139 Å². The average molecular weight is 1490 g/mol. The summed E-state index contributed by atoms with van der Waals surface area (Å²) in [5.41, 5.74) is 0. The van der Waals surface area contributed by atoms with Gasteiger partial charge < -0.3 is 0 Å². The zero-order chi connectivity index (χ0) is 29.2. The molecule has 0 radical (unpaired) electrons. The number of allylic oxidation sites excluding steroid dienone is 1. The van der Waals surface area contributed by atoms with E-state index in [-0.39, 0.29) is 0 Å². The third kappa shape index (κ3) is 184. The molecule has 0 aliphatic carbocycles. The molecule has 0 aromatic carbocycles. The van der Waals surface area contributed by atoms with Crippen LogP contribution in [0.5, 0.6) is 0 Å². The fourth-order valence-electron chi connectivity index (χ4n) is 0.424. The van der Waals surface area contributed by atoms with Crippen molar-refractivity contribution in [2.24, 2.45) is 0 Å². The molecule has 2 nitrogen and oxygen atoms in total. The zero-order valence-corrected chi connectivity index (χ0v) is 40.3. The van der Waals surface area contributed by atoms with E-state index in [0.29, 0.717) is 6.61 Å². The maximum atomic E-state index is 5.15. The maximum absolute atomic E-state index is 5.15. The van der Waals surface area contributed by atoms with Crippen LogP contribution in [0.2, 0.25) is 0 Å². The van der Waals surface area contributed by atoms with Crippen molar-refractivity contribution in [2.45, 2.75) is 82.1 Å². The van der Waals surface area contributed by atoms with Gasteiger partial charge in [-0.25, -0.2) is 0 Å². The Labute approximate surface area is 280 Å². The molecule has 8 heteroatoms. The minimum absolute atomic E-state index is 0.715. The van der Waals surface area contributed by atoms with Gasteiger partial charge in [0.25, 0.3) is 0 Å². The summed E-state index contributed by atoms with van der Waals surface area (Å²) in [6.07, 6.45) is 7.20. The Morgan fingerprint density at radius 1 is 0.735 bits per heavy atom. The van der Waals surface area contributed by atoms with E-state index in [4.69, 9.17) is 24.5 Å². The first-order valence-corrected chi connectivity index (χ1v) is 19.2. The van der Waals surface area contributed by atoms with Gasteiger partial charge in [0, 0.05) is 0 Å². The van der Waals surface area contributed by atoms with Crippen molar-refractivity contribution < 1.29 is 121 Å². The van der Waals surface area contributed by atoms with Gasteiger partial charge in [-0.05, 0) is 0 Å². The van der Waals surface area contributed by atoms with Crippen LogP contribution in [-0.4, -0.2) is 38.4 Å². The second-order valence-corrected chi connectivity index (χ2v) is 14.5. The van der Waals surface area contributed by atoms with Crippen LogP contribution in [0.25, 0.3) is 0 Å². The SMILES string of the molecule is CCC.CCC.C[C-]=[W].C[C-]=[W].C[C-]=[W].[CH-]=C[C](=[W])NCC.[CH-]=C[C](=[W])OCC.[CH-]=C[C](C)=[W]. The Balaban J connectivity index is -0.0000000392. The summed E-state index contributed by atoms with van der Waals surface area (Å²) < 4.78 is 16.7. The first-order valence-electron chi connectivity index (χ1n) is 10.4. The third-order valence-corrected chi connectivity index (χ3v) is 3.57. The molecule has 0 saturated heterocycles. The minimum atomic E-state index is 0.715. The molecule has 202 valence electrons. The molecule has 0 aliphatic heterocycles. The van der Waals surface area contributed by atoms with E-state index < -0.39 is 0 Å². The fourth-order valence-corrected chi connectivity index (χ4v) is 1.37. The van der Waals surface area contributed by atoms with Gasteiger partial charge in [-0.15, -0.1) is 0 Å². The quantitative estimate of drug-likeness (QED) is 0.355. The Morgan fingerprint density at radius 2 is 1.00 bits per heavy atom. The van der Waals surface area contributed by atoms with Crippen molar-refractivity contribution in [3.8, 4) is 0 Å². The van der Waals surface area contributed by atoms with E-state index >= 15 is 0 Å². The summed E-state index contributed by atoms with van der Waals surface area (Å²) in [4.78, 5) is 0. The van der Waals surface area contributed by atoms with Crippen LogP contribution >= 0.6 is 0 Å². The van der Waals surface area contributed by atoms with Gasteiger partial charge in [0.1, 0.15) is 0 Å². The van der Waals surface area contributed by atoms with Crippen molar-refractivity contribution >= 4 is 25.2 Å². The summed E-state index contributed by atoms with van der Waals surface area (Å²) in [6.45, 7) is 37.2. The number of rotatable bonds is 7. The molecule has 0 fully saturated rings. The summed E-state index contributed by atoms with van der Waals surface area (Å²) in [5.74, 6) is 0. The molecule has 0 bridgehead atoms. The van der Waals surface area contributed by atoms with Gasteiger partial charge in [0.15, 0.2) is 0 Å². The van der Waals surface area contributed by atoms with E-state index in [1.54, 1.807) is 12.2 Å². The average Bonchev–Trinajstić information content (AvgIpc) is 2.77. The van der Waals surface area contributed by atoms with E-state index in [9.17, 15) is 0 Å². The van der Waals surface area contributed by atoms with Gasteiger partial charge in [0.2, 0.25) is 0 Å². The van der Waals surface area contributed by atoms with E-state index in [1.807, 2.05) is 41.5 Å². The topological polar surface area (TPSA) is 21.3 Å². The van der Waals surface area contributed by atoms with Crippen LogP contribution in [0.15, 0.2) is 18.2 Å². The summed E-state index contributed by atoms with van der Waals surface area (Å²) in [5, 5.41) is 3.07. The van der Waals surface area contributed by atoms with Crippen molar-refractivity contribution in [3.63, 3.8) is 0 Å². The number of hydrogen-bond acceptors (Lipinski definition) is 2. The van der Waals surface area contributed by atoms with Gasteiger partial charge in [0.05, 0.1) is 0 Å². The molecule has 0 aromatic rings. The van der Waals surface area contributed by atoms with Crippen LogP contribution in [0.4, 0.5) is 0 Å². The van der Waals surface area contributed by atoms with Crippen molar-refractivity contribution in [1.82, 2.24) is 5.32 Å². The molecular weight excluding hydrogens is 1450 g/mol. The van der Waals surface area contributed by atoms with Crippen LogP contribution in [0.1, 0.15) is 82.1 Å². The molecule has 1 N–H and O–H groups in total. The molecule has 0 unspecified atom stereocenters. The van der Waals surface area contributed by atoms with Crippen molar-refractivity contribution in [1.29, 1.82) is 0 Å². The second-order valence-electron chi connectivity index (χ2n) is 4.78. The van der Waals surface area contributed by atoms with Crippen LogP contribution < -0.4 is 5.32 Å². The third-order valence-electron chi connectivity index (χ3n) is 1.16. The first-order chi connectivity index (χ1) is 16.0. The van der Waals surface area contributed by atoms with Gasteiger partial charge in [-0.1, -0.05) is 40.5 Å². The Kier molecular flexibility index (Phi) is 127. The molecule has 0 amide bonds. The molecular formula is C26H45NOW6-6. The van der Waals surface area contributed by atoms with Crippen molar-refractivity contribution in [2.75, 3.05) is 13.2 Å². The molecule has 0 aromatic heterocycles. The number of hydrogen-bond donors (Lipinski definition) is 1. The van der Waals surface area contributed by atoms with Gasteiger partial charge in [-0.3, -0.25) is 0 Å². The second kappa shape index (κ2) is 76.5. The van der Waals surface area contributed by atoms with E-state index in [0.717, 1.165) is 14.7 Å². The normalized spacial score (nSPS) is 6.53. The van der Waals surface area contributed by atoms with Gasteiger partial charge in [-0.2, -0.15) is 0 Å². The molecule has 0 spiro atoms. The van der Waals surface area contributed by atoms with Crippen LogP contribution in [0.3, 0.4) is 0 Å². The van der Waals surface area contributed by atoms with Gasteiger partial charge >= 0.3 is 244 Å². The van der Waals surface area contributed by atoms with Crippen LogP contribution in [-0.2, 0) is 121 Å².